The molecular weight excluding hydrogens is 192 g/mol. The first kappa shape index (κ1) is 9.16. The minimum atomic E-state index is -0.375. The van der Waals surface area contributed by atoms with E-state index in [2.05, 4.69) is 12.2 Å². The summed E-state index contributed by atoms with van der Waals surface area (Å²) in [6.45, 7) is 0. The third-order valence-electron chi connectivity index (χ3n) is 4.01. The van der Waals surface area contributed by atoms with E-state index < -0.39 is 0 Å². The molecule has 5 atom stereocenters. The highest BCUT2D eigenvalue weighted by Crippen LogP contribution is 2.54. The van der Waals surface area contributed by atoms with Crippen LogP contribution in [0.1, 0.15) is 6.42 Å². The van der Waals surface area contributed by atoms with Crippen molar-refractivity contribution in [2.45, 2.75) is 12.5 Å². The lowest BCUT2D eigenvalue weighted by molar-refractivity contribution is -0.137. The van der Waals surface area contributed by atoms with Crippen LogP contribution in [0.5, 0.6) is 0 Å². The maximum absolute atomic E-state index is 11.6. The molecule has 3 nitrogen and oxygen atoms in total. The zero-order valence-electron chi connectivity index (χ0n) is 8.59. The summed E-state index contributed by atoms with van der Waals surface area (Å²) in [4.78, 5) is 11.6. The van der Waals surface area contributed by atoms with Crippen molar-refractivity contribution in [2.75, 3.05) is 7.11 Å². The molecule has 0 aromatic heterocycles. The summed E-state index contributed by atoms with van der Waals surface area (Å²) in [7, 11) is 1.39. The van der Waals surface area contributed by atoms with Crippen LogP contribution in [-0.4, -0.2) is 24.3 Å². The number of esters is 1. The molecule has 0 saturated heterocycles. The fraction of sp³-hybridized carbons (Fsp3) is 0.583. The summed E-state index contributed by atoms with van der Waals surface area (Å²) in [5.41, 5.74) is 0.687. The molecule has 15 heavy (non-hydrogen) atoms. The molecule has 1 N–H and O–H groups in total. The van der Waals surface area contributed by atoms with Gasteiger partial charge in [0.15, 0.2) is 0 Å². The van der Waals surface area contributed by atoms with Gasteiger partial charge in [0, 0.05) is 11.5 Å². The van der Waals surface area contributed by atoms with Gasteiger partial charge >= 0.3 is 5.97 Å². The average Bonchev–Trinajstić information content (AvgIpc) is 2.83. The van der Waals surface area contributed by atoms with Gasteiger partial charge in [-0.2, -0.15) is 0 Å². The molecule has 0 aromatic rings. The number of aliphatic hydroxyl groups is 1. The normalized spacial score (nSPS) is 45.5. The van der Waals surface area contributed by atoms with Crippen molar-refractivity contribution in [2.24, 2.45) is 23.7 Å². The van der Waals surface area contributed by atoms with Gasteiger partial charge in [-0.15, -0.1) is 0 Å². The van der Waals surface area contributed by atoms with Gasteiger partial charge in [-0.25, -0.2) is 4.79 Å². The number of ether oxygens (including phenoxy) is 1. The highest BCUT2D eigenvalue weighted by atomic mass is 16.5. The Labute approximate surface area is 88.4 Å². The standard InChI is InChI=1S/C12H14O3/c1-15-12(14)8-4-6-2-3-7-5-9(13)11(8)10(6)7/h2-4,6-7,9-11,13H,5H2,1H3/t6-,7+,9-,10+,11+/m0/s1. The lowest BCUT2D eigenvalue weighted by Gasteiger charge is -2.18. The van der Waals surface area contributed by atoms with E-state index in [1.807, 2.05) is 6.08 Å². The van der Waals surface area contributed by atoms with E-state index in [0.29, 0.717) is 23.3 Å². The number of allylic oxidation sites excluding steroid dienone is 3. The highest BCUT2D eigenvalue weighted by Gasteiger charge is 2.53. The molecule has 0 spiro atoms. The smallest absolute Gasteiger partial charge is 0.333 e. The predicted molar refractivity (Wildman–Crippen MR) is 53.8 cm³/mol. The topological polar surface area (TPSA) is 46.5 Å². The van der Waals surface area contributed by atoms with Gasteiger partial charge in [0.1, 0.15) is 0 Å². The molecule has 3 rings (SSSR count). The second-order valence-electron chi connectivity index (χ2n) is 4.65. The fourth-order valence-corrected chi connectivity index (χ4v) is 3.46. The first-order chi connectivity index (χ1) is 7.22. The van der Waals surface area contributed by atoms with E-state index >= 15 is 0 Å². The average molecular weight is 206 g/mol. The van der Waals surface area contributed by atoms with Gasteiger partial charge in [-0.05, 0) is 24.2 Å². The second kappa shape index (κ2) is 2.95. The van der Waals surface area contributed by atoms with Gasteiger partial charge in [-0.1, -0.05) is 18.2 Å². The van der Waals surface area contributed by atoms with Crippen molar-refractivity contribution >= 4 is 5.97 Å². The van der Waals surface area contributed by atoms with E-state index in [-0.39, 0.29) is 18.0 Å². The largest absolute Gasteiger partial charge is 0.466 e. The van der Waals surface area contributed by atoms with Gasteiger partial charge in [0.25, 0.3) is 0 Å². The second-order valence-corrected chi connectivity index (χ2v) is 4.65. The minimum absolute atomic E-state index is 0.00227. The van der Waals surface area contributed by atoms with Crippen LogP contribution in [0.2, 0.25) is 0 Å². The Morgan fingerprint density at radius 1 is 1.53 bits per heavy atom. The summed E-state index contributed by atoms with van der Waals surface area (Å²) in [5.74, 6) is 0.929. The first-order valence-corrected chi connectivity index (χ1v) is 5.39. The molecule has 80 valence electrons. The van der Waals surface area contributed by atoms with E-state index in [1.54, 1.807) is 0 Å². The predicted octanol–water partition coefficient (Wildman–Crippen LogP) is 0.899. The zero-order chi connectivity index (χ0) is 10.6. The van der Waals surface area contributed by atoms with Crippen LogP contribution in [0.15, 0.2) is 23.8 Å². The van der Waals surface area contributed by atoms with Crippen molar-refractivity contribution in [1.82, 2.24) is 0 Å². The number of aliphatic hydroxyl groups excluding tert-OH is 1. The number of rotatable bonds is 1. The van der Waals surface area contributed by atoms with Crippen LogP contribution in [0.25, 0.3) is 0 Å². The molecule has 0 amide bonds. The molecule has 0 aliphatic heterocycles. The lowest BCUT2D eigenvalue weighted by atomic mass is 9.88. The molecule has 0 radical (unpaired) electrons. The van der Waals surface area contributed by atoms with Gasteiger partial charge in [0.05, 0.1) is 13.2 Å². The maximum atomic E-state index is 11.6. The van der Waals surface area contributed by atoms with E-state index in [4.69, 9.17) is 4.74 Å². The third kappa shape index (κ3) is 1.07. The van der Waals surface area contributed by atoms with Crippen LogP contribution in [0, 0.1) is 23.7 Å². The number of methoxy groups -OCH3 is 1. The monoisotopic (exact) mass is 206 g/mol. The molecule has 3 aliphatic rings. The number of carbonyl (C=O) groups excluding carboxylic acids is 1. The number of carbonyl (C=O) groups is 1. The third-order valence-corrected chi connectivity index (χ3v) is 4.01. The lowest BCUT2D eigenvalue weighted by Crippen LogP contribution is -2.23. The Kier molecular flexibility index (Phi) is 1.80. The molecule has 1 saturated carbocycles. The summed E-state index contributed by atoms with van der Waals surface area (Å²) < 4.78 is 4.76. The summed E-state index contributed by atoms with van der Waals surface area (Å²) in [6, 6.07) is 0. The molecule has 0 aromatic carbocycles. The van der Waals surface area contributed by atoms with Crippen molar-refractivity contribution in [1.29, 1.82) is 0 Å². The molecule has 0 heterocycles. The Balaban J connectivity index is 1.98. The SMILES string of the molecule is COC(=O)C1=C[C@@H]2C=C[C@@H]3C[C@H](O)[C@@H]1[C@H]23. The Morgan fingerprint density at radius 3 is 3.07 bits per heavy atom. The molecule has 0 unspecified atom stereocenters. The molecule has 3 heteroatoms. The van der Waals surface area contributed by atoms with E-state index in [0.717, 1.165) is 6.42 Å². The van der Waals surface area contributed by atoms with Gasteiger partial charge in [0.2, 0.25) is 0 Å². The maximum Gasteiger partial charge on any atom is 0.333 e. The van der Waals surface area contributed by atoms with Gasteiger partial charge in [-0.3, -0.25) is 0 Å². The van der Waals surface area contributed by atoms with Crippen molar-refractivity contribution in [3.8, 4) is 0 Å². The molecule has 1 fully saturated rings. The number of hydrogen-bond donors (Lipinski definition) is 1. The van der Waals surface area contributed by atoms with Gasteiger partial charge < -0.3 is 9.84 Å². The summed E-state index contributed by atoms with van der Waals surface area (Å²) >= 11 is 0. The highest BCUT2D eigenvalue weighted by molar-refractivity contribution is 5.90. The van der Waals surface area contributed by atoms with Crippen LogP contribution in [0.3, 0.4) is 0 Å². The minimum Gasteiger partial charge on any atom is -0.466 e. The Morgan fingerprint density at radius 2 is 2.33 bits per heavy atom. The van der Waals surface area contributed by atoms with E-state index in [9.17, 15) is 9.90 Å². The van der Waals surface area contributed by atoms with Crippen LogP contribution in [0.4, 0.5) is 0 Å². The van der Waals surface area contributed by atoms with Crippen LogP contribution in [-0.2, 0) is 9.53 Å². The molecular formula is C12H14O3. The van der Waals surface area contributed by atoms with E-state index in [1.165, 1.54) is 7.11 Å². The fourth-order valence-electron chi connectivity index (χ4n) is 3.46. The zero-order valence-corrected chi connectivity index (χ0v) is 8.59. The summed E-state index contributed by atoms with van der Waals surface area (Å²) in [6.07, 6.45) is 6.73. The first-order valence-electron chi connectivity index (χ1n) is 5.39. The van der Waals surface area contributed by atoms with Crippen molar-refractivity contribution in [3.05, 3.63) is 23.8 Å². The molecule has 0 bridgehead atoms. The Hall–Kier alpha value is -1.09. The Bertz CT molecular complexity index is 369. The number of hydrogen-bond acceptors (Lipinski definition) is 3. The summed E-state index contributed by atoms with van der Waals surface area (Å²) in [5, 5.41) is 9.95. The van der Waals surface area contributed by atoms with Crippen LogP contribution >= 0.6 is 0 Å². The quantitative estimate of drug-likeness (QED) is 0.512. The van der Waals surface area contributed by atoms with Crippen LogP contribution < -0.4 is 0 Å². The molecule has 3 aliphatic carbocycles. The van der Waals surface area contributed by atoms with Crippen molar-refractivity contribution < 1.29 is 14.6 Å². The van der Waals surface area contributed by atoms with Crippen molar-refractivity contribution in [3.63, 3.8) is 0 Å².